The van der Waals surface area contributed by atoms with Gasteiger partial charge in [-0.05, 0) is 25.0 Å². The van der Waals surface area contributed by atoms with Crippen LogP contribution in [0, 0.1) is 0 Å². The summed E-state index contributed by atoms with van der Waals surface area (Å²) >= 11 is 0. The van der Waals surface area contributed by atoms with Crippen molar-refractivity contribution in [1.82, 2.24) is 20.3 Å². The number of fused-ring (bicyclic) bond motifs is 1. The third-order valence-electron chi connectivity index (χ3n) is 6.82. The lowest BCUT2D eigenvalue weighted by atomic mass is 10.1. The number of ether oxygens (including phenoxy) is 1. The lowest BCUT2D eigenvalue weighted by Gasteiger charge is -2.32. The number of pyridine rings is 2. The van der Waals surface area contributed by atoms with Gasteiger partial charge < -0.3 is 35.3 Å². The molecule has 3 aromatic heterocycles. The average Bonchev–Trinajstić information content (AvgIpc) is 3.39. The molecule has 5 rings (SSSR count). The van der Waals surface area contributed by atoms with E-state index in [2.05, 4.69) is 35.4 Å². The quantitative estimate of drug-likeness (QED) is 0.313. The fourth-order valence-electron chi connectivity index (χ4n) is 4.76. The van der Waals surface area contributed by atoms with Gasteiger partial charge in [0.05, 0.1) is 22.9 Å². The summed E-state index contributed by atoms with van der Waals surface area (Å²) in [5.74, 6) is 0.649. The van der Waals surface area contributed by atoms with E-state index in [1.165, 1.54) is 6.20 Å². The van der Waals surface area contributed by atoms with Crippen molar-refractivity contribution in [1.29, 1.82) is 0 Å². The Morgan fingerprint density at radius 2 is 1.97 bits per heavy atom. The number of nitrogens with two attached hydrogens (primary N) is 1. The molecule has 0 spiro atoms. The maximum atomic E-state index is 13.6. The molecule has 200 valence electrons. The molecule has 2 aliphatic heterocycles. The maximum absolute atomic E-state index is 13.6. The number of carbonyl (C=O) groups is 1. The fourth-order valence-corrected chi connectivity index (χ4v) is 4.76. The molecule has 5 heterocycles. The molecule has 5 N–H and O–H groups in total. The minimum absolute atomic E-state index is 0.199. The number of piperazine rings is 1. The standard InChI is InChI=1S/C26H33N9O3/c1-28-16-17(15-27)20-4-3-5-22(30-20)31-25(36)19-14-21-23(33-26(38-21)35-12-8-29-9-13-35)32-24(19)34-10-6-18(37-2)7-11-34/h3-5,14-16,18,29H,6-13,27H2,1-2H3,(H,30,31,36)/p+1/b17-15+,28-16?. The molecule has 0 bridgehead atoms. The van der Waals surface area contributed by atoms with Crippen LogP contribution in [0.15, 0.2) is 34.9 Å². The Labute approximate surface area is 221 Å². The Morgan fingerprint density at radius 3 is 2.68 bits per heavy atom. The van der Waals surface area contributed by atoms with Gasteiger partial charge in [0.1, 0.15) is 18.7 Å². The smallest absolute Gasteiger partial charge is 0.300 e. The number of rotatable bonds is 7. The van der Waals surface area contributed by atoms with Gasteiger partial charge in [0.15, 0.2) is 11.8 Å². The van der Waals surface area contributed by atoms with Gasteiger partial charge >= 0.3 is 0 Å². The molecule has 12 nitrogen and oxygen atoms in total. The van der Waals surface area contributed by atoms with Crippen molar-refractivity contribution in [3.63, 3.8) is 0 Å². The number of hydrogen-bond donors (Lipinski definition) is 4. The Morgan fingerprint density at radius 1 is 1.18 bits per heavy atom. The van der Waals surface area contributed by atoms with E-state index >= 15 is 0 Å². The number of aromatic nitrogens is 3. The number of oxazole rings is 1. The maximum Gasteiger partial charge on any atom is 0.300 e. The molecule has 38 heavy (non-hydrogen) atoms. The van der Waals surface area contributed by atoms with Crippen LogP contribution < -0.4 is 31.2 Å². The molecule has 3 aromatic rings. The van der Waals surface area contributed by atoms with Crippen LogP contribution in [0.1, 0.15) is 28.9 Å². The summed E-state index contributed by atoms with van der Waals surface area (Å²) in [6.07, 6.45) is 5.10. The van der Waals surface area contributed by atoms with Crippen LogP contribution in [0.3, 0.4) is 0 Å². The third-order valence-corrected chi connectivity index (χ3v) is 6.82. The first-order chi connectivity index (χ1) is 18.6. The van der Waals surface area contributed by atoms with Crippen molar-refractivity contribution >= 4 is 46.6 Å². The normalized spacial score (nSPS) is 17.5. The van der Waals surface area contributed by atoms with E-state index in [-0.39, 0.29) is 12.0 Å². The fraction of sp³-hybridized carbons (Fsp3) is 0.423. The summed E-state index contributed by atoms with van der Waals surface area (Å²) in [4.78, 5) is 34.9. The van der Waals surface area contributed by atoms with E-state index in [9.17, 15) is 4.79 Å². The van der Waals surface area contributed by atoms with Gasteiger partial charge in [0, 0.05) is 58.6 Å². The topological polar surface area (TPSA) is 149 Å². The average molecular weight is 521 g/mol. The monoisotopic (exact) mass is 520 g/mol. The van der Waals surface area contributed by atoms with Crippen molar-refractivity contribution in [2.45, 2.75) is 18.9 Å². The van der Waals surface area contributed by atoms with Crippen LogP contribution in [0.25, 0.3) is 16.8 Å². The molecular formula is C26H34N9O3+. The molecule has 2 aliphatic rings. The first-order valence-corrected chi connectivity index (χ1v) is 12.9. The molecule has 12 heteroatoms. The van der Waals surface area contributed by atoms with E-state index in [0.29, 0.717) is 45.7 Å². The molecule has 0 unspecified atom stereocenters. The van der Waals surface area contributed by atoms with Gasteiger partial charge in [-0.2, -0.15) is 4.98 Å². The predicted molar refractivity (Wildman–Crippen MR) is 146 cm³/mol. The number of nitrogens with zero attached hydrogens (tertiary/aromatic N) is 5. The van der Waals surface area contributed by atoms with Crippen LogP contribution in [0.4, 0.5) is 17.7 Å². The van der Waals surface area contributed by atoms with Gasteiger partial charge in [0.2, 0.25) is 5.65 Å². The molecular weight excluding hydrogens is 486 g/mol. The Hall–Kier alpha value is -4.03. The summed E-state index contributed by atoms with van der Waals surface area (Å²) in [5.41, 5.74) is 8.45. The van der Waals surface area contributed by atoms with Gasteiger partial charge in [-0.1, -0.05) is 6.07 Å². The second-order valence-corrected chi connectivity index (χ2v) is 9.25. The molecule has 0 aliphatic carbocycles. The molecule has 1 amide bonds. The predicted octanol–water partition coefficient (Wildman–Crippen LogP) is -0.0243. The Balaban J connectivity index is 1.48. The zero-order valence-corrected chi connectivity index (χ0v) is 21.7. The molecule has 0 atom stereocenters. The molecule has 2 saturated heterocycles. The van der Waals surface area contributed by atoms with E-state index in [1.54, 1.807) is 32.5 Å². The highest BCUT2D eigenvalue weighted by Gasteiger charge is 2.27. The molecule has 2 fully saturated rings. The highest BCUT2D eigenvalue weighted by atomic mass is 16.5. The van der Waals surface area contributed by atoms with E-state index in [4.69, 9.17) is 19.9 Å². The van der Waals surface area contributed by atoms with E-state index < -0.39 is 0 Å². The summed E-state index contributed by atoms with van der Waals surface area (Å²) in [6.45, 7) is 4.75. The largest absolute Gasteiger partial charge is 0.422 e. The highest BCUT2D eigenvalue weighted by Crippen LogP contribution is 2.30. The van der Waals surface area contributed by atoms with Crippen molar-refractivity contribution < 1.29 is 18.9 Å². The van der Waals surface area contributed by atoms with Gasteiger partial charge in [0.25, 0.3) is 11.9 Å². The van der Waals surface area contributed by atoms with Gasteiger partial charge in [-0.3, -0.25) is 9.79 Å². The number of anilines is 3. The summed E-state index contributed by atoms with van der Waals surface area (Å²) in [7, 11) is 3.52. The highest BCUT2D eigenvalue weighted by molar-refractivity contribution is 6.09. The minimum atomic E-state index is -0.330. The third kappa shape index (κ3) is 5.46. The van der Waals surface area contributed by atoms with Gasteiger partial charge in [-0.25, -0.2) is 9.97 Å². The van der Waals surface area contributed by atoms with Crippen molar-refractivity contribution in [2.75, 3.05) is 68.5 Å². The SMILES string of the molecule is C[NH+]=C/C(=C\N)c1cccc(NC(=O)c2cc3oc(N4CCNCC4)nc3nc2N2CCC(OC)CC2)n1. The summed E-state index contributed by atoms with van der Waals surface area (Å²) in [6, 6.07) is 7.64. The second-order valence-electron chi connectivity index (χ2n) is 9.25. The molecule has 0 aromatic carbocycles. The Kier molecular flexibility index (Phi) is 7.80. The zero-order valence-electron chi connectivity index (χ0n) is 21.7. The first-order valence-electron chi connectivity index (χ1n) is 12.9. The summed E-state index contributed by atoms with van der Waals surface area (Å²) in [5, 5.41) is 6.26. The van der Waals surface area contributed by atoms with Crippen molar-refractivity contribution in [3.05, 3.63) is 41.7 Å². The van der Waals surface area contributed by atoms with Crippen LogP contribution >= 0.6 is 0 Å². The zero-order chi connectivity index (χ0) is 26.5. The van der Waals surface area contributed by atoms with Crippen molar-refractivity contribution in [2.24, 2.45) is 5.73 Å². The molecule has 0 radical (unpaired) electrons. The van der Waals surface area contributed by atoms with E-state index in [0.717, 1.165) is 52.1 Å². The Bertz CT molecular complexity index is 1340. The summed E-state index contributed by atoms with van der Waals surface area (Å²) < 4.78 is 11.6. The minimum Gasteiger partial charge on any atom is -0.422 e. The number of nitrogens with one attached hydrogen (secondary N) is 3. The first kappa shape index (κ1) is 25.6. The second kappa shape index (κ2) is 11.6. The number of piperidine rings is 1. The number of amides is 1. The van der Waals surface area contributed by atoms with Gasteiger partial charge in [-0.15, -0.1) is 0 Å². The van der Waals surface area contributed by atoms with Crippen LogP contribution in [-0.2, 0) is 4.74 Å². The number of hydrogen-bond acceptors (Lipinski definition) is 10. The number of carbonyl (C=O) groups excluding carboxylic acids is 1. The van der Waals surface area contributed by atoms with Crippen LogP contribution in [0.5, 0.6) is 0 Å². The van der Waals surface area contributed by atoms with Crippen molar-refractivity contribution in [3.8, 4) is 0 Å². The molecule has 0 saturated carbocycles. The van der Waals surface area contributed by atoms with E-state index in [1.807, 2.05) is 12.1 Å². The van der Waals surface area contributed by atoms with Crippen LogP contribution in [0.2, 0.25) is 0 Å². The van der Waals surface area contributed by atoms with Crippen LogP contribution in [-0.4, -0.2) is 86.6 Å². The lowest BCUT2D eigenvalue weighted by molar-refractivity contribution is -0.412. The lowest BCUT2D eigenvalue weighted by Crippen LogP contribution is -2.63. The number of allylic oxidation sites excluding steroid dienone is 1. The number of methoxy groups -OCH3 is 1.